The van der Waals surface area contributed by atoms with Crippen LogP contribution in [0, 0.1) is 6.92 Å². The molecule has 0 fully saturated rings. The first-order valence-electron chi connectivity index (χ1n) is 5.25. The number of benzene rings is 1. The molecule has 3 aromatic rings. The second kappa shape index (κ2) is 4.60. The predicted octanol–water partition coefficient (Wildman–Crippen LogP) is 4.23. The zero-order valence-electron chi connectivity index (χ0n) is 9.38. The Balaban J connectivity index is 0.00000108. The molecule has 0 N–H and O–H groups in total. The minimum atomic E-state index is 0. The van der Waals surface area contributed by atoms with Crippen LogP contribution in [-0.4, -0.2) is 4.98 Å². The van der Waals surface area contributed by atoms with Crippen molar-refractivity contribution in [3.63, 3.8) is 0 Å². The average molecular weight is 246 g/mol. The summed E-state index contributed by atoms with van der Waals surface area (Å²) in [6.45, 7) is 2.09. The van der Waals surface area contributed by atoms with E-state index in [1.165, 1.54) is 10.9 Å². The van der Waals surface area contributed by atoms with Gasteiger partial charge in [0.15, 0.2) is 5.76 Å². The van der Waals surface area contributed by atoms with Gasteiger partial charge >= 0.3 is 0 Å². The summed E-state index contributed by atoms with van der Waals surface area (Å²) in [6.07, 6.45) is 1.67. The van der Waals surface area contributed by atoms with Crippen LogP contribution in [0.3, 0.4) is 0 Å². The molecule has 17 heavy (non-hydrogen) atoms. The van der Waals surface area contributed by atoms with Crippen molar-refractivity contribution < 1.29 is 4.42 Å². The number of aromatic nitrogens is 1. The standard InChI is InChI=1S/C14H11NO.ClH/c1-10-9-13(14-7-4-8-16-14)15-12-6-3-2-5-11(10)12;/h2-9H,1H3;1H. The molecule has 86 valence electrons. The lowest BCUT2D eigenvalue weighted by molar-refractivity contribution is 0.580. The van der Waals surface area contributed by atoms with Gasteiger partial charge in [0.25, 0.3) is 0 Å². The first-order valence-corrected chi connectivity index (χ1v) is 5.25. The molecule has 2 aromatic heterocycles. The second-order valence-electron chi connectivity index (χ2n) is 3.82. The van der Waals surface area contributed by atoms with Crippen molar-refractivity contribution in [3.05, 3.63) is 54.3 Å². The van der Waals surface area contributed by atoms with E-state index in [0.29, 0.717) is 0 Å². The number of para-hydroxylation sites is 1. The van der Waals surface area contributed by atoms with Crippen molar-refractivity contribution in [2.45, 2.75) is 6.92 Å². The molecule has 3 heteroatoms. The maximum atomic E-state index is 5.36. The summed E-state index contributed by atoms with van der Waals surface area (Å²) in [5.74, 6) is 0.814. The van der Waals surface area contributed by atoms with E-state index >= 15 is 0 Å². The lowest BCUT2D eigenvalue weighted by atomic mass is 10.1. The highest BCUT2D eigenvalue weighted by molar-refractivity contribution is 5.85. The third-order valence-electron chi connectivity index (χ3n) is 2.70. The minimum absolute atomic E-state index is 0. The van der Waals surface area contributed by atoms with Crippen LogP contribution in [0.2, 0.25) is 0 Å². The maximum Gasteiger partial charge on any atom is 0.152 e. The van der Waals surface area contributed by atoms with E-state index in [-0.39, 0.29) is 12.4 Å². The molecule has 0 aliphatic rings. The topological polar surface area (TPSA) is 26.0 Å². The highest BCUT2D eigenvalue weighted by atomic mass is 35.5. The van der Waals surface area contributed by atoms with Gasteiger partial charge in [-0.3, -0.25) is 0 Å². The summed E-state index contributed by atoms with van der Waals surface area (Å²) in [5, 5.41) is 1.19. The van der Waals surface area contributed by atoms with Gasteiger partial charge in [-0.2, -0.15) is 0 Å². The molecule has 0 aliphatic heterocycles. The number of nitrogens with zero attached hydrogens (tertiary/aromatic N) is 1. The Kier molecular flexibility index (Phi) is 3.16. The summed E-state index contributed by atoms with van der Waals surface area (Å²) >= 11 is 0. The zero-order valence-corrected chi connectivity index (χ0v) is 10.2. The molecule has 0 bridgehead atoms. The molecule has 1 aromatic carbocycles. The highest BCUT2D eigenvalue weighted by Crippen LogP contribution is 2.24. The Morgan fingerprint density at radius 1 is 1.06 bits per heavy atom. The fourth-order valence-electron chi connectivity index (χ4n) is 1.90. The number of hydrogen-bond acceptors (Lipinski definition) is 2. The SMILES string of the molecule is Cc1cc(-c2ccco2)nc2ccccc12.Cl. The number of pyridine rings is 1. The molecule has 2 heterocycles. The number of rotatable bonds is 1. The van der Waals surface area contributed by atoms with Crippen LogP contribution in [0.25, 0.3) is 22.4 Å². The number of hydrogen-bond donors (Lipinski definition) is 0. The minimum Gasteiger partial charge on any atom is -0.463 e. The largest absolute Gasteiger partial charge is 0.463 e. The fraction of sp³-hybridized carbons (Fsp3) is 0.0714. The van der Waals surface area contributed by atoms with E-state index in [4.69, 9.17) is 4.42 Å². The zero-order chi connectivity index (χ0) is 11.0. The monoisotopic (exact) mass is 245 g/mol. The van der Waals surface area contributed by atoms with Crippen molar-refractivity contribution >= 4 is 23.3 Å². The van der Waals surface area contributed by atoms with E-state index in [1.807, 2.05) is 30.3 Å². The number of fused-ring (bicyclic) bond motifs is 1. The van der Waals surface area contributed by atoms with Gasteiger partial charge in [-0.05, 0) is 36.8 Å². The summed E-state index contributed by atoms with van der Waals surface area (Å²) in [7, 11) is 0. The van der Waals surface area contributed by atoms with Crippen molar-refractivity contribution in [3.8, 4) is 11.5 Å². The predicted molar refractivity (Wildman–Crippen MR) is 71.4 cm³/mol. The molecular weight excluding hydrogens is 234 g/mol. The van der Waals surface area contributed by atoms with Crippen LogP contribution in [0.5, 0.6) is 0 Å². The van der Waals surface area contributed by atoms with Crippen molar-refractivity contribution in [2.24, 2.45) is 0 Å². The molecule has 0 radical (unpaired) electrons. The number of halogens is 1. The first-order chi connectivity index (χ1) is 7.84. The first kappa shape index (κ1) is 11.7. The van der Waals surface area contributed by atoms with Crippen LogP contribution >= 0.6 is 12.4 Å². The van der Waals surface area contributed by atoms with Gasteiger partial charge in [0, 0.05) is 5.39 Å². The van der Waals surface area contributed by atoms with Gasteiger partial charge in [0.1, 0.15) is 5.69 Å². The Morgan fingerprint density at radius 3 is 2.65 bits per heavy atom. The summed E-state index contributed by atoms with van der Waals surface area (Å²) in [5.41, 5.74) is 3.12. The van der Waals surface area contributed by atoms with E-state index in [9.17, 15) is 0 Å². The highest BCUT2D eigenvalue weighted by Gasteiger charge is 2.05. The second-order valence-corrected chi connectivity index (χ2v) is 3.82. The Morgan fingerprint density at radius 2 is 1.88 bits per heavy atom. The van der Waals surface area contributed by atoms with Crippen LogP contribution in [0.4, 0.5) is 0 Å². The van der Waals surface area contributed by atoms with Crippen LogP contribution in [-0.2, 0) is 0 Å². The normalized spacial score (nSPS) is 10.2. The van der Waals surface area contributed by atoms with Crippen molar-refractivity contribution in [1.82, 2.24) is 4.98 Å². The Labute approximate surface area is 106 Å². The van der Waals surface area contributed by atoms with Gasteiger partial charge in [-0.25, -0.2) is 4.98 Å². The van der Waals surface area contributed by atoms with Gasteiger partial charge in [-0.1, -0.05) is 18.2 Å². The molecule has 0 spiro atoms. The average Bonchev–Trinajstić information content (AvgIpc) is 2.82. The molecule has 0 amide bonds. The molecule has 2 nitrogen and oxygen atoms in total. The maximum absolute atomic E-state index is 5.36. The molecule has 0 aliphatic carbocycles. The molecule has 0 atom stereocenters. The third-order valence-corrected chi connectivity index (χ3v) is 2.70. The van der Waals surface area contributed by atoms with Gasteiger partial charge < -0.3 is 4.42 Å². The van der Waals surface area contributed by atoms with Crippen LogP contribution in [0.1, 0.15) is 5.56 Å². The van der Waals surface area contributed by atoms with Crippen molar-refractivity contribution in [2.75, 3.05) is 0 Å². The van der Waals surface area contributed by atoms with E-state index in [2.05, 4.69) is 24.0 Å². The van der Waals surface area contributed by atoms with Gasteiger partial charge in [-0.15, -0.1) is 12.4 Å². The Hall–Kier alpha value is -1.80. The fourth-order valence-corrected chi connectivity index (χ4v) is 1.90. The van der Waals surface area contributed by atoms with Crippen LogP contribution in [0.15, 0.2) is 53.1 Å². The van der Waals surface area contributed by atoms with Gasteiger partial charge in [0.05, 0.1) is 11.8 Å². The Bertz CT molecular complexity index is 632. The van der Waals surface area contributed by atoms with Crippen LogP contribution < -0.4 is 0 Å². The summed E-state index contributed by atoms with van der Waals surface area (Å²) in [6, 6.07) is 14.0. The molecular formula is C14H12ClNO. The van der Waals surface area contributed by atoms with Crippen molar-refractivity contribution in [1.29, 1.82) is 0 Å². The van der Waals surface area contributed by atoms with E-state index < -0.39 is 0 Å². The lowest BCUT2D eigenvalue weighted by Crippen LogP contribution is -1.87. The van der Waals surface area contributed by atoms with E-state index in [1.54, 1.807) is 6.26 Å². The number of aryl methyl sites for hydroxylation is 1. The van der Waals surface area contributed by atoms with E-state index in [0.717, 1.165) is 17.0 Å². The quantitative estimate of drug-likeness (QED) is 0.641. The molecule has 0 saturated carbocycles. The lowest BCUT2D eigenvalue weighted by Gasteiger charge is -2.04. The summed E-state index contributed by atoms with van der Waals surface area (Å²) < 4.78 is 5.36. The molecule has 0 unspecified atom stereocenters. The van der Waals surface area contributed by atoms with Gasteiger partial charge in [0.2, 0.25) is 0 Å². The smallest absolute Gasteiger partial charge is 0.152 e. The molecule has 3 rings (SSSR count). The summed E-state index contributed by atoms with van der Waals surface area (Å²) in [4.78, 5) is 4.58. The number of furan rings is 1. The molecule has 0 saturated heterocycles. The third kappa shape index (κ3) is 2.04.